The fourth-order valence-corrected chi connectivity index (χ4v) is 2.69. The second-order valence-electron chi connectivity index (χ2n) is 2.23. The molecule has 0 saturated heterocycles. The Morgan fingerprint density at radius 1 is 1.33 bits per heavy atom. The van der Waals surface area contributed by atoms with E-state index in [4.69, 9.17) is 9.69 Å². The van der Waals surface area contributed by atoms with E-state index in [1.807, 2.05) is 0 Å². The summed E-state index contributed by atoms with van der Waals surface area (Å²) in [6.07, 6.45) is 0. The molecule has 80 valence electrons. The van der Waals surface area contributed by atoms with Gasteiger partial charge in [-0.25, -0.2) is 0 Å². The van der Waals surface area contributed by atoms with Crippen LogP contribution < -0.4 is 4.52 Å². The Hall–Kier alpha value is -0.690. The van der Waals surface area contributed by atoms with Crippen molar-refractivity contribution in [3.05, 3.63) is 30.3 Å². The summed E-state index contributed by atoms with van der Waals surface area (Å²) in [7, 11) is -5.34. The van der Waals surface area contributed by atoms with Crippen LogP contribution in [0.3, 0.4) is 0 Å². The zero-order chi connectivity index (χ0) is 11.1. The average molecular weight is 267 g/mol. The Balaban J connectivity index is 2.95. The third-order valence-corrected chi connectivity index (χ3v) is 4.10. The fraction of sp³-hybridized carbons (Fsp3) is 0. The van der Waals surface area contributed by atoms with Crippen LogP contribution in [0.5, 0.6) is 5.75 Å². The molecule has 0 spiro atoms. The number of rotatable bonds is 4. The highest BCUT2D eigenvalue weighted by Crippen LogP contribution is 2.57. The van der Waals surface area contributed by atoms with E-state index >= 15 is 0 Å². The highest BCUT2D eigenvalue weighted by Gasteiger charge is 2.20. The molecule has 1 aromatic carbocycles. The Kier molecular flexibility index (Phi) is 4.97. The minimum absolute atomic E-state index is 0.216. The van der Waals surface area contributed by atoms with Crippen molar-refractivity contribution in [2.45, 2.75) is 0 Å². The van der Waals surface area contributed by atoms with E-state index in [2.05, 4.69) is 9.03 Å². The highest BCUT2D eigenvalue weighted by atomic mass is 31.2. The summed E-state index contributed by atoms with van der Waals surface area (Å²) in [5.74, 6) is 0.216. The van der Waals surface area contributed by atoms with Crippen molar-refractivity contribution >= 4 is 24.9 Å². The SMILES string of the molecule is N=PN=P(F)(/N=P/F)Oc1ccccc1. The summed E-state index contributed by atoms with van der Waals surface area (Å²) in [4.78, 5) is 0. The number of nitrogens with one attached hydrogen (secondary N) is 1. The molecule has 0 amide bonds. The van der Waals surface area contributed by atoms with E-state index in [-0.39, 0.29) is 14.3 Å². The summed E-state index contributed by atoms with van der Waals surface area (Å²) < 4.78 is 36.5. The molecule has 0 aliphatic heterocycles. The molecule has 0 aliphatic rings. The first kappa shape index (κ1) is 12.4. The topological polar surface area (TPSA) is 57.8 Å². The lowest BCUT2D eigenvalue weighted by Gasteiger charge is -2.08. The van der Waals surface area contributed by atoms with Gasteiger partial charge in [-0.2, -0.15) is 4.20 Å². The van der Waals surface area contributed by atoms with E-state index in [0.29, 0.717) is 0 Å². The first-order chi connectivity index (χ1) is 7.20. The van der Waals surface area contributed by atoms with Gasteiger partial charge in [0.2, 0.25) is 8.68 Å². The summed E-state index contributed by atoms with van der Waals surface area (Å²) in [5.41, 5.74) is 0. The highest BCUT2D eigenvalue weighted by molar-refractivity contribution is 7.62. The predicted molar refractivity (Wildman–Crippen MR) is 57.6 cm³/mol. The first-order valence-corrected chi connectivity index (χ1v) is 6.75. The van der Waals surface area contributed by atoms with Gasteiger partial charge in [-0.1, -0.05) is 18.2 Å². The van der Waals surface area contributed by atoms with Crippen LogP contribution in [-0.4, -0.2) is 0 Å². The molecule has 0 radical (unpaired) electrons. The summed E-state index contributed by atoms with van der Waals surface area (Å²) in [6.45, 7) is 0. The van der Waals surface area contributed by atoms with E-state index < -0.39 is 16.4 Å². The molecular weight excluding hydrogens is 261 g/mol. The molecule has 0 bridgehead atoms. The average Bonchev–Trinajstić information content (AvgIpc) is 2.19. The maximum atomic E-state index is 13.7. The van der Waals surface area contributed by atoms with Crippen molar-refractivity contribution in [1.82, 2.24) is 0 Å². The van der Waals surface area contributed by atoms with Gasteiger partial charge in [-0.15, -0.1) is 13.2 Å². The van der Waals surface area contributed by atoms with E-state index in [1.54, 1.807) is 18.2 Å². The number of hydrogen-bond donors (Lipinski definition) is 1. The zero-order valence-corrected chi connectivity index (χ0v) is 9.97. The Bertz CT molecular complexity index is 411. The maximum absolute atomic E-state index is 13.7. The van der Waals surface area contributed by atoms with Gasteiger partial charge >= 0.3 is 7.74 Å². The molecular formula is C6H6F2N3OP3. The normalized spacial score (nSPS) is 15.1. The van der Waals surface area contributed by atoms with Crippen LogP contribution in [0.4, 0.5) is 8.39 Å². The van der Waals surface area contributed by atoms with Gasteiger partial charge in [0, 0.05) is 0 Å². The lowest BCUT2D eigenvalue weighted by Crippen LogP contribution is -1.83. The Morgan fingerprint density at radius 3 is 2.53 bits per heavy atom. The molecule has 1 rings (SSSR count). The predicted octanol–water partition coefficient (Wildman–Crippen LogP) is 5.62. The number of hydrogen-bond acceptors (Lipinski definition) is 2. The van der Waals surface area contributed by atoms with Gasteiger partial charge in [0.15, 0.2) is 8.52 Å². The van der Waals surface area contributed by atoms with E-state index in [0.717, 1.165) is 0 Å². The molecule has 1 unspecified atom stereocenters. The van der Waals surface area contributed by atoms with Crippen LogP contribution in [0.1, 0.15) is 0 Å². The summed E-state index contributed by atoms with van der Waals surface area (Å²) >= 11 is 0. The maximum Gasteiger partial charge on any atom is 0.444 e. The van der Waals surface area contributed by atoms with Gasteiger partial charge in [-0.3, -0.25) is 5.16 Å². The molecule has 4 nitrogen and oxygen atoms in total. The molecule has 0 fully saturated rings. The molecule has 0 aromatic heterocycles. The van der Waals surface area contributed by atoms with Crippen LogP contribution in [0.15, 0.2) is 39.4 Å². The fourth-order valence-electron chi connectivity index (χ4n) is 0.767. The van der Waals surface area contributed by atoms with Gasteiger partial charge in [0.25, 0.3) is 0 Å². The monoisotopic (exact) mass is 267 g/mol. The van der Waals surface area contributed by atoms with Gasteiger partial charge in [-0.05, 0) is 12.1 Å². The van der Waals surface area contributed by atoms with Crippen molar-refractivity contribution < 1.29 is 12.9 Å². The lowest BCUT2D eigenvalue weighted by molar-refractivity contribution is 0.553. The van der Waals surface area contributed by atoms with Crippen LogP contribution in [0.25, 0.3) is 0 Å². The number of nitrogens with zero attached hydrogens (tertiary/aromatic N) is 2. The number of para-hydroxylation sites is 1. The van der Waals surface area contributed by atoms with Crippen molar-refractivity contribution in [3.63, 3.8) is 0 Å². The molecule has 1 atom stereocenters. The van der Waals surface area contributed by atoms with E-state index in [1.165, 1.54) is 12.1 Å². The quantitative estimate of drug-likeness (QED) is 0.707. The molecule has 0 heterocycles. The molecule has 0 aliphatic carbocycles. The smallest absolute Gasteiger partial charge is 0.419 e. The molecule has 1 aromatic rings. The van der Waals surface area contributed by atoms with Crippen molar-refractivity contribution in [2.24, 2.45) is 9.03 Å². The number of halogens is 2. The van der Waals surface area contributed by atoms with Gasteiger partial charge in [0.05, 0.1) is 0 Å². The second kappa shape index (κ2) is 6.02. The molecule has 0 saturated carbocycles. The lowest BCUT2D eigenvalue weighted by atomic mass is 10.3. The second-order valence-corrected chi connectivity index (χ2v) is 5.14. The van der Waals surface area contributed by atoms with Crippen molar-refractivity contribution in [2.75, 3.05) is 0 Å². The largest absolute Gasteiger partial charge is 0.444 e. The van der Waals surface area contributed by atoms with Crippen molar-refractivity contribution in [1.29, 1.82) is 5.16 Å². The Labute approximate surface area is 88.7 Å². The first-order valence-electron chi connectivity index (χ1n) is 3.66. The molecule has 9 heteroatoms. The number of benzene rings is 1. The van der Waals surface area contributed by atoms with Crippen LogP contribution in [-0.2, 0) is 0 Å². The third kappa shape index (κ3) is 4.13. The van der Waals surface area contributed by atoms with Crippen LogP contribution in [0, 0.1) is 5.16 Å². The summed E-state index contributed by atoms with van der Waals surface area (Å²) in [6, 6.07) is 8.04. The minimum Gasteiger partial charge on any atom is -0.419 e. The minimum atomic E-state index is -4.03. The Morgan fingerprint density at radius 2 is 2.00 bits per heavy atom. The molecule has 1 N–H and O–H groups in total. The third-order valence-electron chi connectivity index (χ3n) is 1.26. The van der Waals surface area contributed by atoms with Gasteiger partial charge < -0.3 is 4.52 Å². The van der Waals surface area contributed by atoms with Crippen LogP contribution in [0.2, 0.25) is 0 Å². The van der Waals surface area contributed by atoms with E-state index in [9.17, 15) is 8.39 Å². The van der Waals surface area contributed by atoms with Crippen LogP contribution >= 0.6 is 24.9 Å². The zero-order valence-electron chi connectivity index (χ0n) is 7.29. The molecule has 15 heavy (non-hydrogen) atoms. The van der Waals surface area contributed by atoms with Crippen molar-refractivity contribution in [3.8, 4) is 5.75 Å². The van der Waals surface area contributed by atoms with Gasteiger partial charge in [0.1, 0.15) is 5.75 Å². The standard InChI is InChI=1S/C6H6F2N3OP3/c7-13-10-15(8,11-14-9)12-6-4-2-1-3-5-6/h1-5,9H. The summed E-state index contributed by atoms with van der Waals surface area (Å²) in [5, 5.41) is 6.73.